The molecule has 19 heavy (non-hydrogen) atoms. The van der Waals surface area contributed by atoms with Gasteiger partial charge in [0.15, 0.2) is 11.6 Å². The van der Waals surface area contributed by atoms with Gasteiger partial charge in [-0.1, -0.05) is 56.9 Å². The largest absolute Gasteiger partial charge is 0.204 e. The average Bonchev–Trinajstić information content (AvgIpc) is 2.31. The van der Waals surface area contributed by atoms with E-state index in [0.717, 1.165) is 28.8 Å². The monoisotopic (exact) mass is 344 g/mol. The highest BCUT2D eigenvalue weighted by Crippen LogP contribution is 2.36. The molecule has 0 aromatic heterocycles. The number of rotatable bonds is 2. The molecule has 0 fully saturated rings. The Kier molecular flexibility index (Phi) is 4.26. The first kappa shape index (κ1) is 14.5. The summed E-state index contributed by atoms with van der Waals surface area (Å²) in [6.45, 7) is 3.98. The first-order valence-electron chi connectivity index (χ1n) is 5.75. The number of benzene rings is 2. The second kappa shape index (κ2) is 5.59. The number of alkyl halides is 1. The maximum Gasteiger partial charge on any atom is 0.160 e. The summed E-state index contributed by atoms with van der Waals surface area (Å²) in [6, 6.07) is 8.17. The lowest BCUT2D eigenvalue weighted by Crippen LogP contribution is -1.98. The molecule has 2 rings (SSSR count). The third-order valence-corrected chi connectivity index (χ3v) is 4.20. The van der Waals surface area contributed by atoms with Gasteiger partial charge in [0.2, 0.25) is 0 Å². The van der Waals surface area contributed by atoms with Gasteiger partial charge >= 0.3 is 0 Å². The van der Waals surface area contributed by atoms with Crippen LogP contribution in [0, 0.1) is 25.5 Å². The van der Waals surface area contributed by atoms with Crippen LogP contribution >= 0.6 is 27.5 Å². The molecule has 0 aliphatic heterocycles. The van der Waals surface area contributed by atoms with Crippen molar-refractivity contribution in [3.63, 3.8) is 0 Å². The standard InChI is InChI=1S/C15H12BrClF2/c1-8-3-9(2)5-10(4-8)15(16)11-6-13(18)14(19)7-12(11)17/h3-7,15H,1-2H3. The fourth-order valence-corrected chi connectivity index (χ4v) is 3.10. The molecule has 1 atom stereocenters. The SMILES string of the molecule is Cc1cc(C)cc(C(Br)c2cc(F)c(F)cc2Cl)c1. The first-order chi connectivity index (χ1) is 8.88. The second-order valence-corrected chi connectivity index (χ2v) is 5.89. The summed E-state index contributed by atoms with van der Waals surface area (Å²) < 4.78 is 26.4. The Balaban J connectivity index is 2.49. The summed E-state index contributed by atoms with van der Waals surface area (Å²) in [4.78, 5) is -0.270. The second-order valence-electron chi connectivity index (χ2n) is 4.57. The van der Waals surface area contributed by atoms with Crippen LogP contribution in [-0.4, -0.2) is 0 Å². The van der Waals surface area contributed by atoms with E-state index >= 15 is 0 Å². The summed E-state index contributed by atoms with van der Waals surface area (Å²) >= 11 is 9.49. The van der Waals surface area contributed by atoms with Gasteiger partial charge in [-0.05, 0) is 37.1 Å². The van der Waals surface area contributed by atoms with E-state index in [2.05, 4.69) is 22.0 Å². The van der Waals surface area contributed by atoms with Crippen molar-refractivity contribution in [2.24, 2.45) is 0 Å². The van der Waals surface area contributed by atoms with Gasteiger partial charge in [-0.3, -0.25) is 0 Å². The molecule has 0 heterocycles. The normalized spacial score (nSPS) is 12.5. The van der Waals surface area contributed by atoms with Crippen molar-refractivity contribution in [1.82, 2.24) is 0 Å². The molecule has 0 nitrogen and oxygen atoms in total. The topological polar surface area (TPSA) is 0 Å². The van der Waals surface area contributed by atoms with Crippen LogP contribution in [-0.2, 0) is 0 Å². The van der Waals surface area contributed by atoms with Crippen molar-refractivity contribution in [1.29, 1.82) is 0 Å². The zero-order valence-corrected chi connectivity index (χ0v) is 12.8. The zero-order chi connectivity index (χ0) is 14.2. The highest BCUT2D eigenvalue weighted by Gasteiger charge is 2.17. The number of halogens is 4. The lowest BCUT2D eigenvalue weighted by Gasteiger charge is -2.14. The summed E-state index contributed by atoms with van der Waals surface area (Å²) in [5, 5.41) is 0.208. The van der Waals surface area contributed by atoms with E-state index in [4.69, 9.17) is 11.6 Å². The summed E-state index contributed by atoms with van der Waals surface area (Å²) in [6.07, 6.45) is 0. The third-order valence-electron chi connectivity index (χ3n) is 2.85. The maximum absolute atomic E-state index is 13.3. The smallest absolute Gasteiger partial charge is 0.160 e. The molecule has 100 valence electrons. The molecule has 0 aliphatic rings. The molecule has 0 saturated carbocycles. The van der Waals surface area contributed by atoms with Crippen molar-refractivity contribution < 1.29 is 8.78 Å². The van der Waals surface area contributed by atoms with Gasteiger partial charge in [-0.15, -0.1) is 0 Å². The Morgan fingerprint density at radius 2 is 1.47 bits per heavy atom. The third kappa shape index (κ3) is 3.15. The van der Waals surface area contributed by atoms with Crippen molar-refractivity contribution in [2.75, 3.05) is 0 Å². The summed E-state index contributed by atoms with van der Waals surface area (Å²) in [5.41, 5.74) is 3.70. The van der Waals surface area contributed by atoms with E-state index in [1.54, 1.807) is 0 Å². The molecule has 4 heteroatoms. The molecular formula is C15H12BrClF2. The molecule has 2 aromatic carbocycles. The van der Waals surface area contributed by atoms with Gasteiger partial charge in [-0.2, -0.15) is 0 Å². The highest BCUT2D eigenvalue weighted by atomic mass is 79.9. The molecule has 0 aliphatic carbocycles. The molecule has 0 amide bonds. The Morgan fingerprint density at radius 1 is 0.947 bits per heavy atom. The lowest BCUT2D eigenvalue weighted by molar-refractivity contribution is 0.507. The molecule has 0 bridgehead atoms. The predicted octanol–water partition coefficient (Wildman–Crippen LogP) is 5.72. The van der Waals surface area contributed by atoms with E-state index in [-0.39, 0.29) is 9.85 Å². The molecule has 1 unspecified atom stereocenters. The fourth-order valence-electron chi connectivity index (χ4n) is 2.07. The fraction of sp³-hybridized carbons (Fsp3) is 0.200. The quantitative estimate of drug-likeness (QED) is 0.482. The molecule has 2 aromatic rings. The van der Waals surface area contributed by atoms with Crippen LogP contribution in [0.5, 0.6) is 0 Å². The highest BCUT2D eigenvalue weighted by molar-refractivity contribution is 9.09. The van der Waals surface area contributed by atoms with Crippen molar-refractivity contribution in [3.8, 4) is 0 Å². The Morgan fingerprint density at radius 3 is 2.05 bits per heavy atom. The van der Waals surface area contributed by atoms with Crippen LogP contribution < -0.4 is 0 Å². The van der Waals surface area contributed by atoms with E-state index < -0.39 is 11.6 Å². The van der Waals surface area contributed by atoms with Gasteiger partial charge < -0.3 is 0 Å². The molecule has 0 saturated heterocycles. The van der Waals surface area contributed by atoms with Crippen LogP contribution in [0.3, 0.4) is 0 Å². The Hall–Kier alpha value is -0.930. The zero-order valence-electron chi connectivity index (χ0n) is 10.5. The van der Waals surface area contributed by atoms with Gasteiger partial charge in [0.25, 0.3) is 0 Å². The first-order valence-corrected chi connectivity index (χ1v) is 7.04. The minimum atomic E-state index is -0.936. The maximum atomic E-state index is 13.3. The van der Waals surface area contributed by atoms with E-state index in [9.17, 15) is 8.78 Å². The number of hydrogen-bond acceptors (Lipinski definition) is 0. The summed E-state index contributed by atoms with van der Waals surface area (Å²) in [5.74, 6) is -1.83. The molecule has 0 N–H and O–H groups in total. The molecule has 0 radical (unpaired) electrons. The van der Waals surface area contributed by atoms with Gasteiger partial charge in [0.1, 0.15) is 0 Å². The van der Waals surface area contributed by atoms with Gasteiger partial charge in [0.05, 0.1) is 4.83 Å². The van der Waals surface area contributed by atoms with E-state index in [0.29, 0.717) is 5.56 Å². The molecular weight excluding hydrogens is 334 g/mol. The van der Waals surface area contributed by atoms with Gasteiger partial charge in [-0.25, -0.2) is 8.78 Å². The Labute approximate surface area is 124 Å². The van der Waals surface area contributed by atoms with E-state index in [1.165, 1.54) is 0 Å². The predicted molar refractivity (Wildman–Crippen MR) is 78.1 cm³/mol. The average molecular weight is 346 g/mol. The Bertz CT molecular complexity index is 606. The number of hydrogen-bond donors (Lipinski definition) is 0. The lowest BCUT2D eigenvalue weighted by atomic mass is 10.0. The van der Waals surface area contributed by atoms with Crippen molar-refractivity contribution >= 4 is 27.5 Å². The van der Waals surface area contributed by atoms with Crippen LogP contribution in [0.25, 0.3) is 0 Å². The van der Waals surface area contributed by atoms with Crippen LogP contribution in [0.1, 0.15) is 27.1 Å². The van der Waals surface area contributed by atoms with Crippen molar-refractivity contribution in [2.45, 2.75) is 18.7 Å². The van der Waals surface area contributed by atoms with Crippen LogP contribution in [0.4, 0.5) is 8.78 Å². The molecule has 0 spiro atoms. The minimum absolute atomic E-state index is 0.208. The van der Waals surface area contributed by atoms with E-state index in [1.807, 2.05) is 26.0 Å². The van der Waals surface area contributed by atoms with Crippen LogP contribution in [0.15, 0.2) is 30.3 Å². The van der Waals surface area contributed by atoms with Gasteiger partial charge in [0, 0.05) is 5.02 Å². The minimum Gasteiger partial charge on any atom is -0.204 e. The van der Waals surface area contributed by atoms with Crippen LogP contribution in [0.2, 0.25) is 5.02 Å². The van der Waals surface area contributed by atoms with Crippen molar-refractivity contribution in [3.05, 3.63) is 69.2 Å². The number of aryl methyl sites for hydroxylation is 2. The summed E-state index contributed by atoms with van der Waals surface area (Å²) in [7, 11) is 0.